The van der Waals surface area contributed by atoms with Crippen LogP contribution in [0, 0.1) is 6.92 Å². The second-order valence-corrected chi connectivity index (χ2v) is 7.14. The highest BCUT2D eigenvalue weighted by Crippen LogP contribution is 2.29. The molecule has 3 aromatic rings. The molecule has 1 amide bonds. The van der Waals surface area contributed by atoms with Gasteiger partial charge in [-0.2, -0.15) is 0 Å². The number of aromatic nitrogens is 2. The minimum absolute atomic E-state index is 0.265. The van der Waals surface area contributed by atoms with Crippen molar-refractivity contribution < 1.29 is 9.53 Å². The van der Waals surface area contributed by atoms with E-state index in [1.54, 1.807) is 13.3 Å². The van der Waals surface area contributed by atoms with E-state index in [9.17, 15) is 4.79 Å². The zero-order valence-corrected chi connectivity index (χ0v) is 17.2. The SMILES string of the molecule is COc1ccc(CNC(=O)c2cnc(Nc3c(C)cccc3C(C)C)cn2)cc1. The molecule has 0 saturated heterocycles. The molecular formula is C23H26N4O2. The molecule has 0 bridgehead atoms. The summed E-state index contributed by atoms with van der Waals surface area (Å²) in [7, 11) is 1.62. The average molecular weight is 390 g/mol. The van der Waals surface area contributed by atoms with Gasteiger partial charge in [0.2, 0.25) is 0 Å². The summed E-state index contributed by atoms with van der Waals surface area (Å²) >= 11 is 0. The highest BCUT2D eigenvalue weighted by atomic mass is 16.5. The summed E-state index contributed by atoms with van der Waals surface area (Å²) in [6.07, 6.45) is 3.07. The number of methoxy groups -OCH3 is 1. The molecule has 0 atom stereocenters. The van der Waals surface area contributed by atoms with Crippen LogP contribution in [-0.2, 0) is 6.54 Å². The fraction of sp³-hybridized carbons (Fsp3) is 0.261. The summed E-state index contributed by atoms with van der Waals surface area (Å²) in [4.78, 5) is 21.0. The van der Waals surface area contributed by atoms with E-state index in [1.807, 2.05) is 24.3 Å². The number of carbonyl (C=O) groups is 1. The number of aryl methyl sites for hydroxylation is 1. The number of benzene rings is 2. The molecule has 0 aliphatic heterocycles. The van der Waals surface area contributed by atoms with Crippen molar-refractivity contribution in [3.63, 3.8) is 0 Å². The van der Waals surface area contributed by atoms with Gasteiger partial charge in [0.15, 0.2) is 0 Å². The van der Waals surface area contributed by atoms with Crippen molar-refractivity contribution in [1.29, 1.82) is 0 Å². The van der Waals surface area contributed by atoms with Gasteiger partial charge in [-0.3, -0.25) is 4.79 Å². The van der Waals surface area contributed by atoms with E-state index < -0.39 is 0 Å². The number of carbonyl (C=O) groups excluding carboxylic acids is 1. The van der Waals surface area contributed by atoms with E-state index in [0.717, 1.165) is 22.6 Å². The molecule has 0 saturated carbocycles. The van der Waals surface area contributed by atoms with E-state index in [1.165, 1.54) is 11.8 Å². The standard InChI is InChI=1S/C23H26N4O2/c1-15(2)19-7-5-6-16(3)22(19)27-21-14-24-20(13-25-21)23(28)26-12-17-8-10-18(29-4)11-9-17/h5-11,13-15H,12H2,1-4H3,(H,25,27)(H,26,28). The number of nitrogens with zero attached hydrogens (tertiary/aromatic N) is 2. The molecule has 3 rings (SSSR count). The van der Waals surface area contributed by atoms with Crippen LogP contribution in [0.5, 0.6) is 5.75 Å². The fourth-order valence-electron chi connectivity index (χ4n) is 3.00. The quantitative estimate of drug-likeness (QED) is 0.617. The molecule has 0 fully saturated rings. The Kier molecular flexibility index (Phi) is 6.44. The lowest BCUT2D eigenvalue weighted by molar-refractivity contribution is 0.0945. The lowest BCUT2D eigenvalue weighted by Crippen LogP contribution is -2.24. The highest BCUT2D eigenvalue weighted by Gasteiger charge is 2.12. The second kappa shape index (κ2) is 9.19. The molecule has 0 aliphatic rings. The first kappa shape index (κ1) is 20.3. The van der Waals surface area contributed by atoms with Crippen molar-refractivity contribution in [3.05, 3.63) is 77.2 Å². The Morgan fingerprint density at radius 2 is 1.83 bits per heavy atom. The number of ether oxygens (including phenoxy) is 1. The first-order valence-electron chi connectivity index (χ1n) is 9.57. The van der Waals surface area contributed by atoms with Crippen LogP contribution < -0.4 is 15.4 Å². The molecule has 150 valence electrons. The smallest absolute Gasteiger partial charge is 0.271 e. The van der Waals surface area contributed by atoms with Gasteiger partial charge < -0.3 is 15.4 Å². The first-order valence-corrected chi connectivity index (χ1v) is 9.57. The summed E-state index contributed by atoms with van der Waals surface area (Å²) in [6.45, 7) is 6.78. The minimum Gasteiger partial charge on any atom is -0.497 e. The maximum atomic E-state index is 12.3. The molecule has 6 heteroatoms. The van der Waals surface area contributed by atoms with E-state index >= 15 is 0 Å². The van der Waals surface area contributed by atoms with Crippen LogP contribution >= 0.6 is 0 Å². The number of rotatable bonds is 7. The summed E-state index contributed by atoms with van der Waals surface area (Å²) in [6, 6.07) is 13.8. The van der Waals surface area contributed by atoms with E-state index in [4.69, 9.17) is 4.74 Å². The summed E-state index contributed by atoms with van der Waals surface area (Å²) in [5.41, 5.74) is 4.64. The van der Waals surface area contributed by atoms with E-state index in [-0.39, 0.29) is 11.6 Å². The van der Waals surface area contributed by atoms with Crippen LogP contribution in [0.25, 0.3) is 0 Å². The molecule has 6 nitrogen and oxygen atoms in total. The van der Waals surface area contributed by atoms with Crippen LogP contribution in [0.15, 0.2) is 54.9 Å². The molecule has 1 aromatic heterocycles. The predicted octanol–water partition coefficient (Wildman–Crippen LogP) is 4.59. The summed E-state index contributed by atoms with van der Waals surface area (Å²) < 4.78 is 5.13. The van der Waals surface area contributed by atoms with Gasteiger partial charge in [0.1, 0.15) is 17.3 Å². The van der Waals surface area contributed by atoms with Gasteiger partial charge in [-0.05, 0) is 41.7 Å². The molecule has 0 radical (unpaired) electrons. The Bertz CT molecular complexity index is 967. The molecule has 1 heterocycles. The third-order valence-corrected chi connectivity index (χ3v) is 4.68. The van der Waals surface area contributed by atoms with Crippen LogP contribution in [0.1, 0.15) is 46.9 Å². The van der Waals surface area contributed by atoms with Crippen LogP contribution in [0.2, 0.25) is 0 Å². The van der Waals surface area contributed by atoms with Crippen molar-refractivity contribution >= 4 is 17.4 Å². The Balaban J connectivity index is 1.65. The van der Waals surface area contributed by atoms with Gasteiger partial charge in [-0.15, -0.1) is 0 Å². The monoisotopic (exact) mass is 390 g/mol. The largest absolute Gasteiger partial charge is 0.497 e. The van der Waals surface area contributed by atoms with Gasteiger partial charge in [-0.1, -0.05) is 44.2 Å². The first-order chi connectivity index (χ1) is 14.0. The van der Waals surface area contributed by atoms with Crippen molar-refractivity contribution in [3.8, 4) is 5.75 Å². The lowest BCUT2D eigenvalue weighted by Gasteiger charge is -2.16. The number of hydrogen-bond acceptors (Lipinski definition) is 5. The van der Waals surface area contributed by atoms with Gasteiger partial charge >= 0.3 is 0 Å². The zero-order valence-electron chi connectivity index (χ0n) is 17.2. The molecule has 2 aromatic carbocycles. The third kappa shape index (κ3) is 5.10. The maximum Gasteiger partial charge on any atom is 0.271 e. The van der Waals surface area contributed by atoms with Crippen LogP contribution in [-0.4, -0.2) is 23.0 Å². The molecule has 0 unspecified atom stereocenters. The van der Waals surface area contributed by atoms with Gasteiger partial charge in [0.05, 0.1) is 19.5 Å². The zero-order chi connectivity index (χ0) is 20.8. The van der Waals surface area contributed by atoms with Gasteiger partial charge in [-0.25, -0.2) is 9.97 Å². The van der Waals surface area contributed by atoms with Crippen molar-refractivity contribution in [1.82, 2.24) is 15.3 Å². The Morgan fingerprint density at radius 3 is 2.45 bits per heavy atom. The Hall–Kier alpha value is -3.41. The Morgan fingerprint density at radius 1 is 1.07 bits per heavy atom. The molecule has 29 heavy (non-hydrogen) atoms. The van der Waals surface area contributed by atoms with Gasteiger partial charge in [0, 0.05) is 12.2 Å². The van der Waals surface area contributed by atoms with Crippen molar-refractivity contribution in [2.45, 2.75) is 33.2 Å². The highest BCUT2D eigenvalue weighted by molar-refractivity contribution is 5.92. The van der Waals surface area contributed by atoms with Crippen molar-refractivity contribution in [2.24, 2.45) is 0 Å². The summed E-state index contributed by atoms with van der Waals surface area (Å²) in [5, 5.41) is 6.19. The topological polar surface area (TPSA) is 76.1 Å². The third-order valence-electron chi connectivity index (χ3n) is 4.68. The average Bonchev–Trinajstić information content (AvgIpc) is 2.74. The number of hydrogen-bond donors (Lipinski definition) is 2. The lowest BCUT2D eigenvalue weighted by atomic mass is 9.98. The minimum atomic E-state index is -0.265. The maximum absolute atomic E-state index is 12.3. The number of amides is 1. The molecule has 0 spiro atoms. The molecular weight excluding hydrogens is 364 g/mol. The normalized spacial score (nSPS) is 10.7. The number of para-hydroxylation sites is 1. The summed E-state index contributed by atoms with van der Waals surface area (Å²) in [5.74, 6) is 1.50. The number of anilines is 2. The van der Waals surface area contributed by atoms with Gasteiger partial charge in [0.25, 0.3) is 5.91 Å². The molecule has 2 N–H and O–H groups in total. The second-order valence-electron chi connectivity index (χ2n) is 7.14. The van der Waals surface area contributed by atoms with E-state index in [2.05, 4.69) is 59.6 Å². The van der Waals surface area contributed by atoms with Crippen LogP contribution in [0.3, 0.4) is 0 Å². The van der Waals surface area contributed by atoms with Crippen molar-refractivity contribution in [2.75, 3.05) is 12.4 Å². The Labute approximate surface area is 171 Å². The number of nitrogens with one attached hydrogen (secondary N) is 2. The molecule has 0 aliphatic carbocycles. The predicted molar refractivity (Wildman–Crippen MR) is 115 cm³/mol. The van der Waals surface area contributed by atoms with Crippen LogP contribution in [0.4, 0.5) is 11.5 Å². The van der Waals surface area contributed by atoms with E-state index in [0.29, 0.717) is 18.3 Å². The fourth-order valence-corrected chi connectivity index (χ4v) is 3.00.